The number of benzene rings is 2. The summed E-state index contributed by atoms with van der Waals surface area (Å²) in [5.74, 6) is -0.539. The quantitative estimate of drug-likeness (QED) is 0.395. The molecule has 0 atom stereocenters. The molecule has 1 aliphatic rings. The second-order valence-electron chi connectivity index (χ2n) is 8.47. The number of carbonyl (C=O) groups is 1. The highest BCUT2D eigenvalue weighted by Gasteiger charge is 2.23. The molecular formula is C26H32F2O2. The fourth-order valence-electron chi connectivity index (χ4n) is 4.43. The third kappa shape index (κ3) is 5.47. The number of carbonyl (C=O) groups excluding carboxylic acids is 1. The lowest BCUT2D eigenvalue weighted by Gasteiger charge is -2.27. The van der Waals surface area contributed by atoms with Crippen molar-refractivity contribution in [3.8, 4) is 16.9 Å². The summed E-state index contributed by atoms with van der Waals surface area (Å²) in [7, 11) is 0. The van der Waals surface area contributed by atoms with Crippen molar-refractivity contribution in [2.75, 3.05) is 6.61 Å². The molecule has 3 rings (SSSR count). The Morgan fingerprint density at radius 2 is 1.57 bits per heavy atom. The number of hydrogen-bond donors (Lipinski definition) is 0. The summed E-state index contributed by atoms with van der Waals surface area (Å²) < 4.78 is 34.0. The van der Waals surface area contributed by atoms with Gasteiger partial charge in [0.15, 0.2) is 17.3 Å². The Bertz CT molecular complexity index is 837. The van der Waals surface area contributed by atoms with Crippen LogP contribution in [0, 0.1) is 23.5 Å². The van der Waals surface area contributed by atoms with Gasteiger partial charge in [-0.25, -0.2) is 4.39 Å². The van der Waals surface area contributed by atoms with Crippen molar-refractivity contribution >= 4 is 5.78 Å². The van der Waals surface area contributed by atoms with Crippen molar-refractivity contribution in [3.05, 3.63) is 53.6 Å². The first-order valence-corrected chi connectivity index (χ1v) is 11.3. The molecule has 0 bridgehead atoms. The zero-order valence-electron chi connectivity index (χ0n) is 18.1. The van der Waals surface area contributed by atoms with E-state index in [1.165, 1.54) is 37.8 Å². The van der Waals surface area contributed by atoms with E-state index in [0.717, 1.165) is 25.2 Å². The minimum Gasteiger partial charge on any atom is -0.490 e. The highest BCUT2D eigenvalue weighted by Crippen LogP contribution is 2.34. The molecule has 2 aromatic carbocycles. The molecule has 1 fully saturated rings. The maximum atomic E-state index is 14.5. The van der Waals surface area contributed by atoms with Gasteiger partial charge < -0.3 is 4.74 Å². The van der Waals surface area contributed by atoms with Gasteiger partial charge in [-0.15, -0.1) is 0 Å². The molecule has 30 heavy (non-hydrogen) atoms. The van der Waals surface area contributed by atoms with E-state index >= 15 is 0 Å². The number of ether oxygens (including phenoxy) is 1. The smallest absolute Gasteiger partial charge is 0.201 e. The van der Waals surface area contributed by atoms with Crippen LogP contribution >= 0.6 is 0 Å². The molecule has 0 aliphatic heterocycles. The van der Waals surface area contributed by atoms with Gasteiger partial charge in [-0.2, -0.15) is 4.39 Å². The summed E-state index contributed by atoms with van der Waals surface area (Å²) in [6.07, 6.45) is 8.55. The van der Waals surface area contributed by atoms with Crippen LogP contribution in [0.1, 0.15) is 75.6 Å². The van der Waals surface area contributed by atoms with Gasteiger partial charge in [0.25, 0.3) is 0 Å². The van der Waals surface area contributed by atoms with E-state index in [-0.39, 0.29) is 17.1 Å². The number of halogens is 2. The molecule has 0 saturated heterocycles. The minimum absolute atomic E-state index is 0.0708. The van der Waals surface area contributed by atoms with Crippen LogP contribution in [0.15, 0.2) is 36.4 Å². The summed E-state index contributed by atoms with van der Waals surface area (Å²) in [5.41, 5.74) is 1.35. The van der Waals surface area contributed by atoms with Crippen LogP contribution in [0.4, 0.5) is 8.78 Å². The Balaban J connectivity index is 1.64. The number of ketones is 1. The van der Waals surface area contributed by atoms with E-state index in [4.69, 9.17) is 4.74 Å². The van der Waals surface area contributed by atoms with Crippen LogP contribution in [-0.2, 0) is 0 Å². The molecule has 0 spiro atoms. The second-order valence-corrected chi connectivity index (χ2v) is 8.47. The zero-order valence-corrected chi connectivity index (χ0v) is 18.1. The van der Waals surface area contributed by atoms with Crippen LogP contribution in [-0.4, -0.2) is 12.4 Å². The monoisotopic (exact) mass is 414 g/mol. The molecule has 0 heterocycles. The molecule has 0 amide bonds. The van der Waals surface area contributed by atoms with E-state index in [1.54, 1.807) is 24.3 Å². The van der Waals surface area contributed by atoms with E-state index in [2.05, 4.69) is 6.92 Å². The van der Waals surface area contributed by atoms with Crippen LogP contribution < -0.4 is 4.74 Å². The van der Waals surface area contributed by atoms with E-state index in [1.807, 2.05) is 6.92 Å². The van der Waals surface area contributed by atoms with E-state index < -0.39 is 11.6 Å². The van der Waals surface area contributed by atoms with Gasteiger partial charge in [-0.1, -0.05) is 63.8 Å². The summed E-state index contributed by atoms with van der Waals surface area (Å²) in [6, 6.07) is 9.80. The lowest BCUT2D eigenvalue weighted by molar-refractivity contribution is 0.0942. The molecule has 2 aromatic rings. The molecule has 0 unspecified atom stereocenters. The van der Waals surface area contributed by atoms with E-state index in [9.17, 15) is 13.6 Å². The maximum absolute atomic E-state index is 14.5. The van der Waals surface area contributed by atoms with Crippen LogP contribution in [0.2, 0.25) is 0 Å². The van der Waals surface area contributed by atoms with Gasteiger partial charge in [0.05, 0.1) is 6.61 Å². The molecule has 1 aliphatic carbocycles. The van der Waals surface area contributed by atoms with Crippen molar-refractivity contribution in [3.63, 3.8) is 0 Å². The van der Waals surface area contributed by atoms with Crippen LogP contribution in [0.25, 0.3) is 11.1 Å². The Hall–Kier alpha value is -2.23. The fraction of sp³-hybridized carbons (Fsp3) is 0.500. The van der Waals surface area contributed by atoms with Gasteiger partial charge in [0, 0.05) is 17.5 Å². The lowest BCUT2D eigenvalue weighted by atomic mass is 9.78. The van der Waals surface area contributed by atoms with Crippen LogP contribution in [0.3, 0.4) is 0 Å². The van der Waals surface area contributed by atoms with Gasteiger partial charge in [-0.3, -0.25) is 4.79 Å². The van der Waals surface area contributed by atoms with E-state index in [0.29, 0.717) is 30.1 Å². The van der Waals surface area contributed by atoms with Gasteiger partial charge in [0.1, 0.15) is 0 Å². The zero-order chi connectivity index (χ0) is 21.5. The van der Waals surface area contributed by atoms with Gasteiger partial charge in [-0.05, 0) is 48.8 Å². The summed E-state index contributed by atoms with van der Waals surface area (Å²) >= 11 is 0. The minimum atomic E-state index is -0.972. The molecule has 0 radical (unpaired) electrons. The Kier molecular flexibility index (Phi) is 8.01. The Morgan fingerprint density at radius 1 is 0.900 bits per heavy atom. The molecular weight excluding hydrogens is 382 g/mol. The van der Waals surface area contributed by atoms with Gasteiger partial charge in [0.2, 0.25) is 5.82 Å². The lowest BCUT2D eigenvalue weighted by Crippen LogP contribution is -2.17. The third-order valence-corrected chi connectivity index (χ3v) is 6.16. The largest absolute Gasteiger partial charge is 0.490 e. The molecule has 4 heteroatoms. The first-order valence-electron chi connectivity index (χ1n) is 11.3. The molecule has 2 nitrogen and oxygen atoms in total. The first kappa shape index (κ1) is 22.5. The standard InChI is InChI=1S/C26H32F2O2/c1-3-5-18-6-8-19(9-7-18)17-23(29)21-12-10-20(11-13-21)22-14-15-24(30-16-4-2)26(28)25(22)27/h10-15,18-19H,3-9,16-17H2,1-2H3. The average molecular weight is 415 g/mol. The highest BCUT2D eigenvalue weighted by molar-refractivity contribution is 5.96. The first-order chi connectivity index (χ1) is 14.5. The number of hydrogen-bond acceptors (Lipinski definition) is 2. The van der Waals surface area contributed by atoms with Gasteiger partial charge >= 0.3 is 0 Å². The molecule has 162 valence electrons. The summed E-state index contributed by atoms with van der Waals surface area (Å²) in [5, 5.41) is 0. The maximum Gasteiger partial charge on any atom is 0.201 e. The summed E-state index contributed by atoms with van der Waals surface area (Å²) in [6.45, 7) is 4.48. The number of Topliss-reactive ketones (excluding diaryl/α,β-unsaturated/α-hetero) is 1. The van der Waals surface area contributed by atoms with Crippen molar-refractivity contribution in [1.29, 1.82) is 0 Å². The van der Waals surface area contributed by atoms with Crippen molar-refractivity contribution < 1.29 is 18.3 Å². The van der Waals surface area contributed by atoms with Crippen LogP contribution in [0.5, 0.6) is 5.75 Å². The van der Waals surface area contributed by atoms with Crippen molar-refractivity contribution in [2.24, 2.45) is 11.8 Å². The third-order valence-electron chi connectivity index (χ3n) is 6.16. The SMILES string of the molecule is CCCOc1ccc(-c2ccc(C(=O)CC3CCC(CCC)CC3)cc2)c(F)c1F. The predicted molar refractivity (Wildman–Crippen MR) is 117 cm³/mol. The summed E-state index contributed by atoms with van der Waals surface area (Å²) in [4.78, 5) is 12.7. The molecule has 0 aromatic heterocycles. The topological polar surface area (TPSA) is 26.3 Å². The van der Waals surface area contributed by atoms with Crippen molar-refractivity contribution in [1.82, 2.24) is 0 Å². The van der Waals surface area contributed by atoms with Crippen molar-refractivity contribution in [2.45, 2.75) is 65.2 Å². The number of rotatable bonds is 9. The Labute approximate surface area is 178 Å². The average Bonchev–Trinajstić information content (AvgIpc) is 2.76. The molecule has 1 saturated carbocycles. The normalized spacial score (nSPS) is 18.9. The predicted octanol–water partition coefficient (Wildman–Crippen LogP) is 7.60. The second kappa shape index (κ2) is 10.7. The Morgan fingerprint density at radius 3 is 2.20 bits per heavy atom. The fourth-order valence-corrected chi connectivity index (χ4v) is 4.43. The molecule has 0 N–H and O–H groups in total. The highest BCUT2D eigenvalue weighted by atomic mass is 19.2.